The van der Waals surface area contributed by atoms with Gasteiger partial charge in [0.15, 0.2) is 29.3 Å². The number of fused-ring (bicyclic) bond motifs is 1. The Labute approximate surface area is 190 Å². The molecule has 33 heavy (non-hydrogen) atoms. The molecule has 12 nitrogen and oxygen atoms in total. The van der Waals surface area contributed by atoms with Gasteiger partial charge in [0.25, 0.3) is 5.91 Å². The minimum absolute atomic E-state index is 0.404. The highest BCUT2D eigenvalue weighted by Crippen LogP contribution is 2.31. The third-order valence-electron chi connectivity index (χ3n) is 5.63. The number of aliphatic hydroxyl groups is 1. The number of methoxy groups -OCH3 is 2. The average molecular weight is 457 g/mol. The number of hydrogen-bond donors (Lipinski definition) is 4. The van der Waals surface area contributed by atoms with Gasteiger partial charge >= 0.3 is 0 Å². The van der Waals surface area contributed by atoms with E-state index in [1.165, 1.54) is 19.7 Å². The monoisotopic (exact) mass is 457 g/mol. The molecule has 4 rings (SSSR count). The number of imidazole rings is 1. The van der Waals surface area contributed by atoms with Gasteiger partial charge in [-0.15, -0.1) is 0 Å². The van der Waals surface area contributed by atoms with Crippen molar-refractivity contribution in [1.82, 2.24) is 24.8 Å². The predicted octanol–water partition coefficient (Wildman–Crippen LogP) is -0.170. The van der Waals surface area contributed by atoms with Gasteiger partial charge in [-0.2, -0.15) is 0 Å². The fourth-order valence-corrected chi connectivity index (χ4v) is 3.86. The van der Waals surface area contributed by atoms with Crippen LogP contribution in [0, 0.1) is 0 Å². The molecule has 3 heterocycles. The highest BCUT2D eigenvalue weighted by Gasteiger charge is 2.46. The van der Waals surface area contributed by atoms with Crippen molar-refractivity contribution in [3.8, 4) is 11.5 Å². The number of benzene rings is 1. The first-order valence-corrected chi connectivity index (χ1v) is 10.4. The summed E-state index contributed by atoms with van der Waals surface area (Å²) in [5.41, 5.74) is 7.93. The van der Waals surface area contributed by atoms with E-state index in [0.717, 1.165) is 17.1 Å². The Kier molecular flexibility index (Phi) is 6.58. The zero-order valence-electron chi connectivity index (χ0n) is 18.6. The summed E-state index contributed by atoms with van der Waals surface area (Å²) in [6.45, 7) is 0.550. The average Bonchev–Trinajstić information content (AvgIpc) is 3.40. The topological polar surface area (TPSA) is 159 Å². The maximum absolute atomic E-state index is 12.0. The van der Waals surface area contributed by atoms with E-state index in [-0.39, 0.29) is 0 Å². The van der Waals surface area contributed by atoms with E-state index in [4.69, 9.17) is 19.9 Å². The fourth-order valence-electron chi connectivity index (χ4n) is 3.86. The third-order valence-corrected chi connectivity index (χ3v) is 5.63. The van der Waals surface area contributed by atoms with Crippen molar-refractivity contribution in [3.63, 3.8) is 0 Å². The number of ether oxygens (including phenoxy) is 3. The summed E-state index contributed by atoms with van der Waals surface area (Å²) in [6, 6.07) is 4.75. The number of nitrogens with one attached hydrogen (secondary N) is 2. The van der Waals surface area contributed by atoms with Crippen LogP contribution in [0.5, 0.6) is 11.5 Å². The molecule has 1 saturated heterocycles. The number of carbonyl (C=O) groups excluding carboxylic acids is 1. The maximum atomic E-state index is 12.0. The van der Waals surface area contributed by atoms with E-state index in [9.17, 15) is 9.90 Å². The number of amides is 1. The molecular formula is C21H27N7O5. The standard InChI is InChI=1S/C21H27N7O5/c1-23-20(30)17-14(22)16(29)21(33-17)28-10-27-15-18(25-9-26-19(15)28)24-7-6-11-8-12(31-2)4-5-13(11)32-3/h4-5,8-10,14,16-17,21,29H,6-7,22H2,1-3H3,(H,23,30)(H,24,25,26). The van der Waals surface area contributed by atoms with E-state index in [1.54, 1.807) is 18.8 Å². The Morgan fingerprint density at radius 3 is 2.82 bits per heavy atom. The lowest BCUT2D eigenvalue weighted by atomic mass is 10.1. The van der Waals surface area contributed by atoms with Gasteiger partial charge in [-0.3, -0.25) is 9.36 Å². The van der Waals surface area contributed by atoms with Crippen LogP contribution in [-0.2, 0) is 16.0 Å². The van der Waals surface area contributed by atoms with Crippen molar-refractivity contribution in [1.29, 1.82) is 0 Å². The SMILES string of the molecule is CNC(=O)C1OC(n2cnc3c(NCCc4cc(OC)ccc4OC)ncnc32)C(O)C1N. The molecule has 4 atom stereocenters. The van der Waals surface area contributed by atoms with Crippen LogP contribution in [0.4, 0.5) is 5.82 Å². The smallest absolute Gasteiger partial charge is 0.250 e. The highest BCUT2D eigenvalue weighted by atomic mass is 16.5. The molecule has 3 aromatic rings. The van der Waals surface area contributed by atoms with Crippen molar-refractivity contribution in [3.05, 3.63) is 36.4 Å². The maximum Gasteiger partial charge on any atom is 0.250 e. The van der Waals surface area contributed by atoms with Gasteiger partial charge in [0.2, 0.25) is 0 Å². The van der Waals surface area contributed by atoms with Crippen molar-refractivity contribution in [2.75, 3.05) is 33.1 Å². The predicted molar refractivity (Wildman–Crippen MR) is 119 cm³/mol. The van der Waals surface area contributed by atoms with Gasteiger partial charge in [-0.05, 0) is 30.2 Å². The van der Waals surface area contributed by atoms with Crippen LogP contribution in [0.3, 0.4) is 0 Å². The second-order valence-corrected chi connectivity index (χ2v) is 7.53. The number of nitrogens with zero attached hydrogens (tertiary/aromatic N) is 4. The molecule has 1 fully saturated rings. The minimum atomic E-state index is -1.11. The Morgan fingerprint density at radius 1 is 1.27 bits per heavy atom. The Hall–Kier alpha value is -3.48. The van der Waals surface area contributed by atoms with Crippen LogP contribution in [-0.4, -0.2) is 76.6 Å². The molecule has 176 valence electrons. The van der Waals surface area contributed by atoms with Crippen LogP contribution in [0.15, 0.2) is 30.9 Å². The number of hydrogen-bond acceptors (Lipinski definition) is 10. The van der Waals surface area contributed by atoms with Crippen LogP contribution in [0.2, 0.25) is 0 Å². The summed E-state index contributed by atoms with van der Waals surface area (Å²) in [4.78, 5) is 25.0. The van der Waals surface area contributed by atoms with Gasteiger partial charge < -0.3 is 35.7 Å². The summed E-state index contributed by atoms with van der Waals surface area (Å²) in [6.07, 6.45) is 0.534. The second kappa shape index (κ2) is 9.57. The molecule has 12 heteroatoms. The number of aromatic nitrogens is 4. The lowest BCUT2D eigenvalue weighted by Crippen LogP contribution is -2.46. The molecule has 0 saturated carbocycles. The van der Waals surface area contributed by atoms with Gasteiger partial charge in [0.05, 0.1) is 26.6 Å². The number of rotatable bonds is 8. The number of nitrogens with two attached hydrogens (primary N) is 1. The lowest BCUT2D eigenvalue weighted by Gasteiger charge is -2.16. The van der Waals surface area contributed by atoms with Gasteiger partial charge in [-0.1, -0.05) is 0 Å². The largest absolute Gasteiger partial charge is 0.497 e. The first kappa shape index (κ1) is 22.7. The molecule has 0 spiro atoms. The van der Waals surface area contributed by atoms with Gasteiger partial charge in [-0.25, -0.2) is 15.0 Å². The van der Waals surface area contributed by atoms with Crippen molar-refractivity contribution in [2.45, 2.75) is 30.9 Å². The summed E-state index contributed by atoms with van der Waals surface area (Å²) >= 11 is 0. The number of likely N-dealkylation sites (N-methyl/N-ethyl adjacent to an activating group) is 1. The van der Waals surface area contributed by atoms with E-state index in [1.807, 2.05) is 18.2 Å². The van der Waals surface area contributed by atoms with Gasteiger partial charge in [0, 0.05) is 13.6 Å². The fraction of sp³-hybridized carbons (Fsp3) is 0.429. The number of aliphatic hydroxyl groups excluding tert-OH is 1. The molecule has 0 radical (unpaired) electrons. The molecule has 1 aromatic carbocycles. The molecule has 5 N–H and O–H groups in total. The van der Waals surface area contributed by atoms with E-state index >= 15 is 0 Å². The Bertz CT molecular complexity index is 1140. The Balaban J connectivity index is 1.52. The van der Waals surface area contributed by atoms with Crippen LogP contribution >= 0.6 is 0 Å². The molecule has 0 aliphatic carbocycles. The minimum Gasteiger partial charge on any atom is -0.497 e. The molecule has 4 unspecified atom stereocenters. The van der Waals surface area contributed by atoms with E-state index in [2.05, 4.69) is 25.6 Å². The summed E-state index contributed by atoms with van der Waals surface area (Å²) in [7, 11) is 4.73. The highest BCUT2D eigenvalue weighted by molar-refractivity contribution is 5.83. The summed E-state index contributed by atoms with van der Waals surface area (Å²) in [5.74, 6) is 1.64. The second-order valence-electron chi connectivity index (χ2n) is 7.53. The van der Waals surface area contributed by atoms with Gasteiger partial charge in [0.1, 0.15) is 23.9 Å². The van der Waals surface area contributed by atoms with Crippen LogP contribution in [0.1, 0.15) is 11.8 Å². The van der Waals surface area contributed by atoms with Crippen molar-refractivity contribution < 1.29 is 24.1 Å². The quantitative estimate of drug-likeness (QED) is 0.358. The lowest BCUT2D eigenvalue weighted by molar-refractivity contribution is -0.134. The Morgan fingerprint density at radius 2 is 2.09 bits per heavy atom. The van der Waals surface area contributed by atoms with E-state index in [0.29, 0.717) is 29.9 Å². The molecule has 0 bridgehead atoms. The molecular weight excluding hydrogens is 430 g/mol. The summed E-state index contributed by atoms with van der Waals surface area (Å²) in [5, 5.41) is 16.3. The first-order chi connectivity index (χ1) is 16.0. The normalized spacial score (nSPS) is 22.3. The van der Waals surface area contributed by atoms with Crippen LogP contribution in [0.25, 0.3) is 11.2 Å². The molecule has 2 aromatic heterocycles. The number of carbonyl (C=O) groups is 1. The van der Waals surface area contributed by atoms with Crippen LogP contribution < -0.4 is 25.8 Å². The van der Waals surface area contributed by atoms with Crippen molar-refractivity contribution >= 4 is 22.9 Å². The zero-order valence-corrected chi connectivity index (χ0v) is 18.6. The first-order valence-electron chi connectivity index (χ1n) is 10.4. The third kappa shape index (κ3) is 4.27. The zero-order chi connectivity index (χ0) is 23.5. The molecule has 1 amide bonds. The van der Waals surface area contributed by atoms with E-state index < -0.39 is 30.4 Å². The van der Waals surface area contributed by atoms with Crippen molar-refractivity contribution in [2.24, 2.45) is 5.73 Å². The number of anilines is 1. The molecule has 1 aliphatic rings. The summed E-state index contributed by atoms with van der Waals surface area (Å²) < 4.78 is 18.0. The molecule has 1 aliphatic heterocycles.